The maximum absolute atomic E-state index is 13.2. The number of benzene rings is 2. The Morgan fingerprint density at radius 2 is 1.91 bits per heavy atom. The van der Waals surface area contributed by atoms with Gasteiger partial charge in [0.05, 0.1) is 17.5 Å². The Labute approximate surface area is 197 Å². The number of carbonyl (C=O) groups is 2. The normalized spacial score (nSPS) is 18.6. The zero-order chi connectivity index (χ0) is 24.5. The summed E-state index contributed by atoms with van der Waals surface area (Å²) in [5.74, 6) is -0.654. The number of fused-ring (bicyclic) bond motifs is 1. The van der Waals surface area contributed by atoms with E-state index in [0.29, 0.717) is 17.7 Å². The van der Waals surface area contributed by atoms with Crippen LogP contribution >= 0.6 is 0 Å². The van der Waals surface area contributed by atoms with Gasteiger partial charge in [0.15, 0.2) is 5.76 Å². The summed E-state index contributed by atoms with van der Waals surface area (Å²) in [5.41, 5.74) is 1.73. The summed E-state index contributed by atoms with van der Waals surface area (Å²) in [7, 11) is -3.93. The van der Waals surface area contributed by atoms with Gasteiger partial charge < -0.3 is 20.2 Å². The van der Waals surface area contributed by atoms with E-state index < -0.39 is 33.9 Å². The monoisotopic (exact) mass is 483 g/mol. The zero-order valence-corrected chi connectivity index (χ0v) is 19.3. The Kier molecular flexibility index (Phi) is 6.56. The number of nitrogens with zero attached hydrogens (tertiary/aromatic N) is 1. The minimum atomic E-state index is -3.93. The maximum Gasteiger partial charge on any atom is 0.291 e. The molecule has 2 aromatic carbocycles. The zero-order valence-electron chi connectivity index (χ0n) is 18.5. The van der Waals surface area contributed by atoms with Gasteiger partial charge in [-0.15, -0.1) is 0 Å². The van der Waals surface area contributed by atoms with Crippen molar-refractivity contribution in [2.45, 2.75) is 30.3 Å². The molecule has 1 fully saturated rings. The first-order valence-corrected chi connectivity index (χ1v) is 12.1. The van der Waals surface area contributed by atoms with Gasteiger partial charge in [0.1, 0.15) is 5.58 Å². The number of anilines is 1. The van der Waals surface area contributed by atoms with E-state index in [-0.39, 0.29) is 23.8 Å². The number of nitrogens with one attached hydrogen (secondary N) is 2. The van der Waals surface area contributed by atoms with Gasteiger partial charge in [0.2, 0.25) is 15.9 Å². The molecule has 1 aromatic heterocycles. The molecule has 3 aromatic rings. The predicted octanol–water partition coefficient (Wildman–Crippen LogP) is 2.42. The van der Waals surface area contributed by atoms with E-state index in [4.69, 9.17) is 4.42 Å². The van der Waals surface area contributed by atoms with E-state index in [9.17, 15) is 23.1 Å². The van der Waals surface area contributed by atoms with Gasteiger partial charge in [-0.25, -0.2) is 8.42 Å². The van der Waals surface area contributed by atoms with Crippen LogP contribution in [-0.4, -0.2) is 54.9 Å². The highest BCUT2D eigenvalue weighted by Crippen LogP contribution is 2.28. The van der Waals surface area contributed by atoms with Crippen molar-refractivity contribution in [2.75, 3.05) is 18.5 Å². The predicted molar refractivity (Wildman–Crippen MR) is 127 cm³/mol. The second-order valence-corrected chi connectivity index (χ2v) is 9.98. The summed E-state index contributed by atoms with van der Waals surface area (Å²) in [5, 5.41) is 15.9. The van der Waals surface area contributed by atoms with Crippen molar-refractivity contribution in [1.82, 2.24) is 9.62 Å². The Morgan fingerprint density at radius 3 is 2.56 bits per heavy atom. The number of furan rings is 1. The van der Waals surface area contributed by atoms with E-state index in [1.54, 1.807) is 13.0 Å². The summed E-state index contributed by atoms with van der Waals surface area (Å²) >= 11 is 0. The molecule has 4 rings (SSSR count). The fraction of sp³-hybridized carbons (Fsp3) is 0.250. The third-order valence-corrected chi connectivity index (χ3v) is 7.81. The van der Waals surface area contributed by atoms with Gasteiger partial charge in [0.25, 0.3) is 5.91 Å². The van der Waals surface area contributed by atoms with Gasteiger partial charge in [-0.1, -0.05) is 24.8 Å². The molecule has 0 aliphatic carbocycles. The highest BCUT2D eigenvalue weighted by Gasteiger charge is 2.40. The molecule has 178 valence electrons. The molecule has 9 nitrogen and oxygen atoms in total. The van der Waals surface area contributed by atoms with Crippen LogP contribution in [0.15, 0.2) is 70.5 Å². The lowest BCUT2D eigenvalue weighted by Gasteiger charge is -2.22. The smallest absolute Gasteiger partial charge is 0.291 e. The van der Waals surface area contributed by atoms with Crippen molar-refractivity contribution in [3.8, 4) is 0 Å². The molecule has 0 radical (unpaired) electrons. The van der Waals surface area contributed by atoms with Crippen LogP contribution in [0.2, 0.25) is 0 Å². The molecule has 1 saturated heterocycles. The van der Waals surface area contributed by atoms with Gasteiger partial charge in [-0.3, -0.25) is 9.59 Å². The number of aliphatic hydroxyl groups excluding tert-OH is 1. The molecule has 3 N–H and O–H groups in total. The second-order valence-electron chi connectivity index (χ2n) is 8.09. The first-order chi connectivity index (χ1) is 16.2. The number of rotatable bonds is 7. The summed E-state index contributed by atoms with van der Waals surface area (Å²) in [6.45, 7) is 4.86. The summed E-state index contributed by atoms with van der Waals surface area (Å²) in [6, 6.07) is 12.0. The number of amides is 2. The molecule has 0 bridgehead atoms. The molecule has 0 spiro atoms. The van der Waals surface area contributed by atoms with Gasteiger partial charge in [-0.05, 0) is 49.8 Å². The molecular weight excluding hydrogens is 458 g/mol. The first-order valence-electron chi connectivity index (χ1n) is 10.7. The third kappa shape index (κ3) is 4.47. The van der Waals surface area contributed by atoms with E-state index >= 15 is 0 Å². The Hall–Kier alpha value is -3.47. The van der Waals surface area contributed by atoms with Crippen LogP contribution in [0.1, 0.15) is 22.5 Å². The third-order valence-electron chi connectivity index (χ3n) is 5.88. The van der Waals surface area contributed by atoms with Crippen molar-refractivity contribution in [1.29, 1.82) is 0 Å². The van der Waals surface area contributed by atoms with Crippen LogP contribution in [0.5, 0.6) is 0 Å². The fourth-order valence-electron chi connectivity index (χ4n) is 4.14. The highest BCUT2D eigenvalue weighted by atomic mass is 32.2. The van der Waals surface area contributed by atoms with Crippen molar-refractivity contribution in [3.63, 3.8) is 0 Å². The van der Waals surface area contributed by atoms with Crippen LogP contribution in [-0.2, 0) is 14.8 Å². The van der Waals surface area contributed by atoms with Crippen LogP contribution in [0.3, 0.4) is 0 Å². The molecule has 2 amide bonds. The largest absolute Gasteiger partial charge is 0.451 e. The number of aryl methyl sites for hydroxylation is 1. The molecular formula is C24H25N3O6S. The standard InChI is InChI=1S/C24H25N3O6S/c1-3-22(29)25-17-12-18(14-28)27(13-17)34(31,32)19-10-8-16(9-11-19)26-24(30)23-15(2)20-6-4-5-7-21(20)33-23/h3-11,17-18,28H,1,12-14H2,2H3,(H,25,29)(H,26,30). The molecule has 1 aliphatic rings. The number of sulfonamides is 1. The topological polar surface area (TPSA) is 129 Å². The lowest BCUT2D eigenvalue weighted by Crippen LogP contribution is -2.39. The van der Waals surface area contributed by atoms with Gasteiger partial charge in [-0.2, -0.15) is 4.31 Å². The summed E-state index contributed by atoms with van der Waals surface area (Å²) < 4.78 is 33.2. The van der Waals surface area contributed by atoms with Crippen LogP contribution in [0.4, 0.5) is 5.69 Å². The van der Waals surface area contributed by atoms with Crippen molar-refractivity contribution >= 4 is 38.5 Å². The molecule has 10 heteroatoms. The Bertz CT molecular complexity index is 1350. The van der Waals surface area contributed by atoms with E-state index in [1.165, 1.54) is 28.6 Å². The van der Waals surface area contributed by atoms with Crippen molar-refractivity contribution in [2.24, 2.45) is 0 Å². The van der Waals surface area contributed by atoms with Gasteiger partial charge in [0, 0.05) is 29.2 Å². The maximum atomic E-state index is 13.2. The molecule has 2 atom stereocenters. The molecule has 34 heavy (non-hydrogen) atoms. The molecule has 1 aliphatic heterocycles. The Morgan fingerprint density at radius 1 is 1.21 bits per heavy atom. The number of aliphatic hydroxyl groups is 1. The van der Waals surface area contributed by atoms with E-state index in [1.807, 2.05) is 18.2 Å². The first kappa shape index (κ1) is 23.7. The van der Waals surface area contributed by atoms with Gasteiger partial charge >= 0.3 is 0 Å². The lowest BCUT2D eigenvalue weighted by atomic mass is 10.1. The second kappa shape index (κ2) is 9.41. The lowest BCUT2D eigenvalue weighted by molar-refractivity contribution is -0.117. The van der Waals surface area contributed by atoms with Crippen LogP contribution < -0.4 is 10.6 Å². The average Bonchev–Trinajstić information content (AvgIpc) is 3.41. The van der Waals surface area contributed by atoms with Crippen LogP contribution in [0, 0.1) is 6.92 Å². The summed E-state index contributed by atoms with van der Waals surface area (Å²) in [4.78, 5) is 24.3. The number of hydrogen-bond acceptors (Lipinski definition) is 6. The number of carbonyl (C=O) groups excluding carboxylic acids is 2. The SMILES string of the molecule is C=CC(=O)NC1CC(CO)N(S(=O)(=O)c2ccc(NC(=O)c3oc4ccccc4c3C)cc2)C1. The van der Waals surface area contributed by atoms with E-state index in [2.05, 4.69) is 17.2 Å². The molecule has 2 unspecified atom stereocenters. The average molecular weight is 484 g/mol. The fourth-order valence-corrected chi connectivity index (χ4v) is 5.81. The Balaban J connectivity index is 1.50. The van der Waals surface area contributed by atoms with Crippen LogP contribution in [0.25, 0.3) is 11.0 Å². The number of hydrogen-bond donors (Lipinski definition) is 3. The minimum absolute atomic E-state index is 0.0135. The highest BCUT2D eigenvalue weighted by molar-refractivity contribution is 7.89. The quantitative estimate of drug-likeness (QED) is 0.443. The molecule has 0 saturated carbocycles. The molecule has 2 heterocycles. The van der Waals surface area contributed by atoms with E-state index in [0.717, 1.165) is 17.0 Å². The van der Waals surface area contributed by atoms with Crippen molar-refractivity contribution < 1.29 is 27.5 Å². The summed E-state index contributed by atoms with van der Waals surface area (Å²) in [6.07, 6.45) is 1.41. The minimum Gasteiger partial charge on any atom is -0.451 e. The van der Waals surface area contributed by atoms with Crippen molar-refractivity contribution in [3.05, 3.63) is 72.5 Å². The number of para-hydroxylation sites is 1.